The molecule has 3 nitrogen and oxygen atoms in total. The Labute approximate surface area is 123 Å². The molecule has 0 spiro atoms. The average molecular weight is 288 g/mol. The molecular formula is C17H17FO3. The molecule has 1 aliphatic heterocycles. The summed E-state index contributed by atoms with van der Waals surface area (Å²) in [6, 6.07) is 10.4. The number of fused-ring (bicyclic) bond motifs is 1. The maximum Gasteiger partial charge on any atom is 0.161 e. The first-order valence-electron chi connectivity index (χ1n) is 6.85. The van der Waals surface area contributed by atoms with E-state index < -0.39 is 0 Å². The Balaban J connectivity index is 2.09. The lowest BCUT2D eigenvalue weighted by Crippen LogP contribution is -2.17. The van der Waals surface area contributed by atoms with E-state index in [2.05, 4.69) is 0 Å². The number of hydrogen-bond donors (Lipinski definition) is 0. The van der Waals surface area contributed by atoms with E-state index in [4.69, 9.17) is 14.2 Å². The van der Waals surface area contributed by atoms with Crippen LogP contribution >= 0.6 is 0 Å². The molecule has 0 bridgehead atoms. The molecule has 0 saturated heterocycles. The molecule has 0 aromatic heterocycles. The van der Waals surface area contributed by atoms with Gasteiger partial charge in [-0.2, -0.15) is 0 Å². The second-order valence-corrected chi connectivity index (χ2v) is 4.96. The normalized spacial score (nSPS) is 17.2. The summed E-state index contributed by atoms with van der Waals surface area (Å²) in [5.41, 5.74) is 2.96. The van der Waals surface area contributed by atoms with Gasteiger partial charge < -0.3 is 14.2 Å². The van der Waals surface area contributed by atoms with Crippen LogP contribution in [0.5, 0.6) is 11.5 Å². The van der Waals surface area contributed by atoms with Crippen molar-refractivity contribution in [1.82, 2.24) is 0 Å². The molecule has 1 aliphatic rings. The first-order valence-corrected chi connectivity index (χ1v) is 6.85. The highest BCUT2D eigenvalue weighted by atomic mass is 19.1. The van der Waals surface area contributed by atoms with Crippen molar-refractivity contribution >= 4 is 0 Å². The first-order chi connectivity index (χ1) is 10.2. The molecule has 3 rings (SSSR count). The number of methoxy groups -OCH3 is 2. The standard InChI is InChI=1S/C17H17FO3/c1-19-15-9-11-6-7-21-17(14(11)10-16(15)20-2)12-4-3-5-13(18)8-12/h3-5,8-10,17H,6-7H2,1-2H3. The van der Waals surface area contributed by atoms with E-state index in [0.29, 0.717) is 18.1 Å². The van der Waals surface area contributed by atoms with Gasteiger partial charge in [0.2, 0.25) is 0 Å². The third-order valence-corrected chi connectivity index (χ3v) is 3.74. The Bertz CT molecular complexity index is 654. The van der Waals surface area contributed by atoms with Crippen molar-refractivity contribution in [1.29, 1.82) is 0 Å². The van der Waals surface area contributed by atoms with Crippen LogP contribution in [0.2, 0.25) is 0 Å². The number of halogens is 1. The molecule has 0 aliphatic carbocycles. The molecule has 2 aromatic rings. The predicted octanol–water partition coefficient (Wildman–Crippen LogP) is 3.51. The van der Waals surface area contributed by atoms with Gasteiger partial charge in [-0.1, -0.05) is 12.1 Å². The van der Waals surface area contributed by atoms with Gasteiger partial charge in [-0.05, 0) is 47.4 Å². The quantitative estimate of drug-likeness (QED) is 0.865. The summed E-state index contributed by atoms with van der Waals surface area (Å²) < 4.78 is 30.0. The zero-order valence-corrected chi connectivity index (χ0v) is 12.1. The largest absolute Gasteiger partial charge is 0.493 e. The highest BCUT2D eigenvalue weighted by Gasteiger charge is 2.25. The zero-order valence-electron chi connectivity index (χ0n) is 12.1. The van der Waals surface area contributed by atoms with Crippen LogP contribution in [-0.2, 0) is 11.2 Å². The van der Waals surface area contributed by atoms with Crippen molar-refractivity contribution in [3.8, 4) is 11.5 Å². The Morgan fingerprint density at radius 3 is 2.57 bits per heavy atom. The lowest BCUT2D eigenvalue weighted by atomic mass is 9.92. The van der Waals surface area contributed by atoms with E-state index in [-0.39, 0.29) is 11.9 Å². The fourth-order valence-corrected chi connectivity index (χ4v) is 2.72. The summed E-state index contributed by atoms with van der Waals surface area (Å²) in [5, 5.41) is 0. The average Bonchev–Trinajstić information content (AvgIpc) is 2.52. The first kappa shape index (κ1) is 13.9. The molecule has 0 saturated carbocycles. The summed E-state index contributed by atoms with van der Waals surface area (Å²) in [6.45, 7) is 0.601. The number of ether oxygens (including phenoxy) is 3. The Kier molecular flexibility index (Phi) is 3.80. The fourth-order valence-electron chi connectivity index (χ4n) is 2.72. The van der Waals surface area contributed by atoms with Crippen LogP contribution in [0.4, 0.5) is 4.39 Å². The topological polar surface area (TPSA) is 27.7 Å². The third kappa shape index (κ3) is 2.59. The minimum atomic E-state index is -0.274. The number of rotatable bonds is 3. The Morgan fingerprint density at radius 1 is 1.10 bits per heavy atom. The second kappa shape index (κ2) is 5.74. The summed E-state index contributed by atoms with van der Waals surface area (Å²) in [6.07, 6.45) is 0.533. The summed E-state index contributed by atoms with van der Waals surface area (Å²) in [5.74, 6) is 1.10. The molecule has 4 heteroatoms. The zero-order chi connectivity index (χ0) is 14.8. The molecule has 0 fully saturated rings. The van der Waals surface area contributed by atoms with Crippen LogP contribution in [0.15, 0.2) is 36.4 Å². The highest BCUT2D eigenvalue weighted by Crippen LogP contribution is 2.39. The minimum Gasteiger partial charge on any atom is -0.493 e. The van der Waals surface area contributed by atoms with Crippen molar-refractivity contribution in [2.45, 2.75) is 12.5 Å². The molecule has 21 heavy (non-hydrogen) atoms. The summed E-state index contributed by atoms with van der Waals surface area (Å²) >= 11 is 0. The van der Waals surface area contributed by atoms with Crippen LogP contribution in [-0.4, -0.2) is 20.8 Å². The molecule has 110 valence electrons. The second-order valence-electron chi connectivity index (χ2n) is 4.96. The van der Waals surface area contributed by atoms with Gasteiger partial charge in [-0.25, -0.2) is 4.39 Å². The van der Waals surface area contributed by atoms with Crippen LogP contribution in [0.1, 0.15) is 22.8 Å². The van der Waals surface area contributed by atoms with Crippen molar-refractivity contribution in [3.63, 3.8) is 0 Å². The molecule has 0 amide bonds. The van der Waals surface area contributed by atoms with Gasteiger partial charge in [-0.3, -0.25) is 0 Å². The lowest BCUT2D eigenvalue weighted by Gasteiger charge is -2.27. The van der Waals surface area contributed by atoms with Crippen molar-refractivity contribution in [3.05, 3.63) is 58.9 Å². The Morgan fingerprint density at radius 2 is 1.86 bits per heavy atom. The highest BCUT2D eigenvalue weighted by molar-refractivity contribution is 5.50. The van der Waals surface area contributed by atoms with Crippen LogP contribution in [0.3, 0.4) is 0 Å². The van der Waals surface area contributed by atoms with Gasteiger partial charge in [0.05, 0.1) is 20.8 Å². The van der Waals surface area contributed by atoms with E-state index in [0.717, 1.165) is 23.1 Å². The predicted molar refractivity (Wildman–Crippen MR) is 77.4 cm³/mol. The lowest BCUT2D eigenvalue weighted by molar-refractivity contribution is 0.0693. The van der Waals surface area contributed by atoms with Gasteiger partial charge in [0.25, 0.3) is 0 Å². The van der Waals surface area contributed by atoms with Gasteiger partial charge in [0.15, 0.2) is 11.5 Å². The molecule has 1 unspecified atom stereocenters. The fraction of sp³-hybridized carbons (Fsp3) is 0.294. The van der Waals surface area contributed by atoms with Crippen LogP contribution in [0, 0.1) is 5.82 Å². The van der Waals surface area contributed by atoms with E-state index in [1.165, 1.54) is 12.1 Å². The van der Waals surface area contributed by atoms with E-state index in [1.807, 2.05) is 18.2 Å². The molecule has 2 aromatic carbocycles. The summed E-state index contributed by atoms with van der Waals surface area (Å²) in [7, 11) is 3.22. The molecular weight excluding hydrogens is 271 g/mol. The molecule has 1 heterocycles. The Hall–Kier alpha value is -2.07. The maximum absolute atomic E-state index is 13.5. The van der Waals surface area contributed by atoms with E-state index >= 15 is 0 Å². The number of benzene rings is 2. The third-order valence-electron chi connectivity index (χ3n) is 3.74. The van der Waals surface area contributed by atoms with E-state index in [1.54, 1.807) is 20.3 Å². The van der Waals surface area contributed by atoms with Crippen molar-refractivity contribution in [2.75, 3.05) is 20.8 Å². The molecule has 1 atom stereocenters. The van der Waals surface area contributed by atoms with Crippen molar-refractivity contribution in [2.24, 2.45) is 0 Å². The SMILES string of the molecule is COc1cc2c(cc1OC)C(c1cccc(F)c1)OCC2. The van der Waals surface area contributed by atoms with Gasteiger partial charge in [0.1, 0.15) is 11.9 Å². The molecule has 0 N–H and O–H groups in total. The monoisotopic (exact) mass is 288 g/mol. The van der Waals surface area contributed by atoms with E-state index in [9.17, 15) is 4.39 Å². The number of hydrogen-bond acceptors (Lipinski definition) is 3. The van der Waals surface area contributed by atoms with Crippen LogP contribution < -0.4 is 9.47 Å². The minimum absolute atomic E-state index is 0.260. The van der Waals surface area contributed by atoms with Crippen LogP contribution in [0.25, 0.3) is 0 Å². The summed E-state index contributed by atoms with van der Waals surface area (Å²) in [4.78, 5) is 0. The smallest absolute Gasteiger partial charge is 0.161 e. The van der Waals surface area contributed by atoms with Crippen molar-refractivity contribution < 1.29 is 18.6 Å². The van der Waals surface area contributed by atoms with Gasteiger partial charge >= 0.3 is 0 Å². The van der Waals surface area contributed by atoms with Gasteiger partial charge in [-0.15, -0.1) is 0 Å². The maximum atomic E-state index is 13.5. The van der Waals surface area contributed by atoms with Gasteiger partial charge in [0, 0.05) is 0 Å². The molecule has 0 radical (unpaired) electrons.